The highest BCUT2D eigenvalue weighted by molar-refractivity contribution is 8.18. The molecule has 0 N–H and O–H groups in total. The summed E-state index contributed by atoms with van der Waals surface area (Å²) >= 11 is 0.849. The highest BCUT2D eigenvalue weighted by Crippen LogP contribution is 2.34. The van der Waals surface area contributed by atoms with Crippen molar-refractivity contribution in [2.24, 2.45) is 0 Å². The first-order valence-corrected chi connectivity index (χ1v) is 11.0. The number of carbonyl (C=O) groups excluding carboxylic acids is 2. The zero-order valence-corrected chi connectivity index (χ0v) is 18.5. The molecule has 0 aliphatic carbocycles. The Labute approximate surface area is 199 Å². The number of imide groups is 1. The number of ether oxygens (including phenoxy) is 1. The maximum absolute atomic E-state index is 12.8. The molecule has 0 atom stereocenters. The molecule has 0 aromatic heterocycles. The lowest BCUT2D eigenvalue weighted by Crippen LogP contribution is -2.27. The van der Waals surface area contributed by atoms with E-state index in [-0.39, 0.29) is 23.7 Å². The Balaban J connectivity index is 1.45. The van der Waals surface area contributed by atoms with Gasteiger partial charge in [-0.1, -0.05) is 30.3 Å². The van der Waals surface area contributed by atoms with Gasteiger partial charge in [0, 0.05) is 12.1 Å². The van der Waals surface area contributed by atoms with E-state index in [1.165, 1.54) is 12.1 Å². The van der Waals surface area contributed by atoms with E-state index in [0.717, 1.165) is 22.2 Å². The maximum atomic E-state index is 12.8. The second kappa shape index (κ2) is 10.0. The summed E-state index contributed by atoms with van der Waals surface area (Å²) < 4.78 is 5.77. The first kappa shape index (κ1) is 22.8. The van der Waals surface area contributed by atoms with Crippen molar-refractivity contribution >= 4 is 34.7 Å². The molecule has 1 fully saturated rings. The minimum atomic E-state index is -0.460. The number of nitriles is 1. The molecule has 34 heavy (non-hydrogen) atoms. The average Bonchev–Trinajstić information content (AvgIpc) is 3.11. The Morgan fingerprint density at radius 1 is 1.06 bits per heavy atom. The van der Waals surface area contributed by atoms with E-state index >= 15 is 0 Å². The minimum Gasteiger partial charge on any atom is -0.489 e. The van der Waals surface area contributed by atoms with Crippen molar-refractivity contribution in [2.75, 3.05) is 0 Å². The first-order chi connectivity index (χ1) is 16.4. The molecule has 0 saturated carbocycles. The summed E-state index contributed by atoms with van der Waals surface area (Å²) in [5.41, 5.74) is 2.49. The van der Waals surface area contributed by atoms with Gasteiger partial charge in [-0.05, 0) is 64.9 Å². The third-order valence-corrected chi connectivity index (χ3v) is 5.96. The summed E-state index contributed by atoms with van der Waals surface area (Å²) in [7, 11) is 0. The number of non-ortho nitro benzene ring substituents is 1. The van der Waals surface area contributed by atoms with E-state index in [2.05, 4.69) is 6.07 Å². The molecule has 4 rings (SSSR count). The smallest absolute Gasteiger partial charge is 0.293 e. The van der Waals surface area contributed by atoms with Crippen LogP contribution in [0.1, 0.15) is 22.3 Å². The van der Waals surface area contributed by atoms with Crippen molar-refractivity contribution < 1.29 is 19.2 Å². The van der Waals surface area contributed by atoms with Crippen molar-refractivity contribution in [3.05, 3.63) is 110 Å². The highest BCUT2D eigenvalue weighted by atomic mass is 32.2. The second-order valence-electron chi connectivity index (χ2n) is 7.32. The van der Waals surface area contributed by atoms with Gasteiger partial charge >= 0.3 is 0 Å². The van der Waals surface area contributed by atoms with Crippen LogP contribution in [-0.2, 0) is 17.9 Å². The van der Waals surface area contributed by atoms with Crippen LogP contribution in [0.15, 0.2) is 77.7 Å². The Bertz CT molecular complexity index is 1350. The van der Waals surface area contributed by atoms with E-state index in [4.69, 9.17) is 4.74 Å². The van der Waals surface area contributed by atoms with Crippen LogP contribution in [0.5, 0.6) is 5.75 Å². The fourth-order valence-corrected chi connectivity index (χ4v) is 4.14. The highest BCUT2D eigenvalue weighted by Gasteiger charge is 2.35. The Morgan fingerprint density at radius 3 is 2.56 bits per heavy atom. The van der Waals surface area contributed by atoms with E-state index in [1.54, 1.807) is 66.7 Å². The summed E-state index contributed by atoms with van der Waals surface area (Å²) in [6.07, 6.45) is 1.62. The van der Waals surface area contributed by atoms with Gasteiger partial charge in [0.15, 0.2) is 0 Å². The van der Waals surface area contributed by atoms with Crippen molar-refractivity contribution in [3.8, 4) is 11.8 Å². The molecule has 1 saturated heterocycles. The standard InChI is InChI=1S/C25H17N3O5S/c26-14-19-5-1-2-6-20(19)15-27-24(29)23(34-25(27)30)13-18-4-3-7-22(12-18)33-16-17-8-10-21(11-9-17)28(31)32/h1-13H,15-16H2/b23-13+. The second-order valence-corrected chi connectivity index (χ2v) is 8.31. The summed E-state index contributed by atoms with van der Waals surface area (Å²) in [5.74, 6) is 0.134. The first-order valence-electron chi connectivity index (χ1n) is 10.1. The number of nitro benzene ring substituents is 1. The number of thioether (sulfide) groups is 1. The zero-order chi connectivity index (χ0) is 24.1. The third-order valence-electron chi connectivity index (χ3n) is 5.05. The number of amides is 2. The largest absolute Gasteiger partial charge is 0.489 e. The van der Waals surface area contributed by atoms with Gasteiger partial charge in [-0.25, -0.2) is 0 Å². The van der Waals surface area contributed by atoms with Gasteiger partial charge in [0.05, 0.1) is 28.0 Å². The monoisotopic (exact) mass is 471 g/mol. The number of hydrogen-bond acceptors (Lipinski definition) is 7. The molecule has 168 valence electrons. The van der Waals surface area contributed by atoms with Crippen LogP contribution in [-0.4, -0.2) is 21.0 Å². The zero-order valence-electron chi connectivity index (χ0n) is 17.7. The van der Waals surface area contributed by atoms with Gasteiger partial charge < -0.3 is 4.74 Å². The van der Waals surface area contributed by atoms with Crippen LogP contribution in [0.25, 0.3) is 6.08 Å². The number of nitro groups is 1. The minimum absolute atomic E-state index is 0.0100. The van der Waals surface area contributed by atoms with Gasteiger partial charge in [0.2, 0.25) is 0 Å². The van der Waals surface area contributed by atoms with Crippen molar-refractivity contribution in [2.45, 2.75) is 13.2 Å². The van der Waals surface area contributed by atoms with Crippen LogP contribution in [0.2, 0.25) is 0 Å². The number of rotatable bonds is 7. The lowest BCUT2D eigenvalue weighted by Gasteiger charge is -2.13. The summed E-state index contributed by atoms with van der Waals surface area (Å²) in [6, 6.07) is 22.1. The van der Waals surface area contributed by atoms with Crippen LogP contribution in [0, 0.1) is 21.4 Å². The van der Waals surface area contributed by atoms with Gasteiger partial charge in [-0.3, -0.25) is 24.6 Å². The predicted molar refractivity (Wildman–Crippen MR) is 127 cm³/mol. The van der Waals surface area contributed by atoms with Crippen molar-refractivity contribution in [1.82, 2.24) is 4.90 Å². The quantitative estimate of drug-likeness (QED) is 0.262. The lowest BCUT2D eigenvalue weighted by molar-refractivity contribution is -0.384. The van der Waals surface area contributed by atoms with Crippen LogP contribution in [0.3, 0.4) is 0 Å². The fraction of sp³-hybridized carbons (Fsp3) is 0.0800. The summed E-state index contributed by atoms with van der Waals surface area (Å²) in [6.45, 7) is 0.250. The molecule has 3 aromatic rings. The normalized spacial score (nSPS) is 14.3. The Morgan fingerprint density at radius 2 is 1.82 bits per heavy atom. The van der Waals surface area contributed by atoms with Gasteiger partial charge in [0.1, 0.15) is 12.4 Å². The number of hydrogen-bond donors (Lipinski definition) is 0. The topological polar surface area (TPSA) is 114 Å². The predicted octanol–water partition coefficient (Wildman–Crippen LogP) is 5.28. The van der Waals surface area contributed by atoms with Gasteiger partial charge in [-0.15, -0.1) is 0 Å². The van der Waals surface area contributed by atoms with Crippen LogP contribution >= 0.6 is 11.8 Å². The molecule has 2 amide bonds. The van der Waals surface area contributed by atoms with E-state index in [1.807, 2.05) is 0 Å². The maximum Gasteiger partial charge on any atom is 0.293 e. The Kier molecular flexibility index (Phi) is 6.71. The number of benzene rings is 3. The third kappa shape index (κ3) is 5.14. The van der Waals surface area contributed by atoms with Crippen molar-refractivity contribution in [1.29, 1.82) is 5.26 Å². The number of carbonyl (C=O) groups is 2. The lowest BCUT2D eigenvalue weighted by atomic mass is 10.1. The molecule has 0 unspecified atom stereocenters. The average molecular weight is 471 g/mol. The summed E-state index contributed by atoms with van der Waals surface area (Å²) in [5, 5.41) is 19.6. The molecule has 3 aromatic carbocycles. The van der Waals surface area contributed by atoms with E-state index in [9.17, 15) is 25.0 Å². The molecular weight excluding hydrogens is 454 g/mol. The molecule has 1 heterocycles. The molecule has 1 aliphatic rings. The molecule has 9 heteroatoms. The molecule has 0 radical (unpaired) electrons. The van der Waals surface area contributed by atoms with Crippen LogP contribution < -0.4 is 4.74 Å². The number of nitrogens with zero attached hydrogens (tertiary/aromatic N) is 3. The fourth-order valence-electron chi connectivity index (χ4n) is 3.30. The van der Waals surface area contributed by atoms with E-state index < -0.39 is 16.1 Å². The van der Waals surface area contributed by atoms with Crippen LogP contribution in [0.4, 0.5) is 10.5 Å². The molecular formula is C25H17N3O5S. The molecule has 0 bridgehead atoms. The van der Waals surface area contributed by atoms with Crippen molar-refractivity contribution in [3.63, 3.8) is 0 Å². The van der Waals surface area contributed by atoms with Gasteiger partial charge in [-0.2, -0.15) is 5.26 Å². The molecule has 8 nitrogen and oxygen atoms in total. The summed E-state index contributed by atoms with van der Waals surface area (Å²) in [4.78, 5) is 37.0. The Hall–Kier alpha value is -4.42. The molecule has 0 spiro atoms. The van der Waals surface area contributed by atoms with E-state index in [0.29, 0.717) is 22.4 Å². The molecule has 1 aliphatic heterocycles. The van der Waals surface area contributed by atoms with Gasteiger partial charge in [0.25, 0.3) is 16.8 Å². The SMILES string of the molecule is N#Cc1ccccc1CN1C(=O)S/C(=C/c2cccc(OCc3ccc([N+](=O)[O-])cc3)c2)C1=O.